The molecule has 4 rings (SSSR count). The normalized spacial score (nSPS) is 10.7. The maximum absolute atomic E-state index is 12.4. The van der Waals surface area contributed by atoms with Crippen LogP contribution in [0.25, 0.3) is 11.0 Å². The number of carbonyl (C=O) groups is 2. The van der Waals surface area contributed by atoms with Gasteiger partial charge in [0.05, 0.1) is 17.9 Å². The van der Waals surface area contributed by atoms with Crippen molar-refractivity contribution in [3.8, 4) is 5.75 Å². The van der Waals surface area contributed by atoms with Gasteiger partial charge in [-0.3, -0.25) is 9.59 Å². The molecule has 0 radical (unpaired) electrons. The number of fused-ring (bicyclic) bond motifs is 1. The number of aryl methyl sites for hydroxylation is 1. The van der Waals surface area contributed by atoms with Crippen molar-refractivity contribution < 1.29 is 18.7 Å². The van der Waals surface area contributed by atoms with Crippen molar-refractivity contribution in [2.24, 2.45) is 0 Å². The Labute approximate surface area is 185 Å². The van der Waals surface area contributed by atoms with Crippen LogP contribution in [-0.4, -0.2) is 25.0 Å². The Bertz CT molecular complexity index is 1260. The molecule has 0 aliphatic heterocycles. The van der Waals surface area contributed by atoms with E-state index in [9.17, 15) is 9.59 Å². The van der Waals surface area contributed by atoms with Crippen LogP contribution in [0.4, 0.5) is 11.4 Å². The van der Waals surface area contributed by atoms with Gasteiger partial charge in [0.25, 0.3) is 11.8 Å². The second kappa shape index (κ2) is 9.26. The molecule has 162 valence electrons. The fourth-order valence-electron chi connectivity index (χ4n) is 3.18. The van der Waals surface area contributed by atoms with E-state index in [1.807, 2.05) is 25.1 Å². The van der Waals surface area contributed by atoms with E-state index >= 15 is 0 Å². The number of hydrogen-bond acceptors (Lipinski definition) is 5. The van der Waals surface area contributed by atoms with Crippen molar-refractivity contribution in [3.63, 3.8) is 0 Å². The maximum atomic E-state index is 12.4. The molecule has 0 bridgehead atoms. The number of nitrogens with one attached hydrogen (secondary N) is 2. The number of ether oxygens (including phenoxy) is 1. The number of nitrogen functional groups attached to an aromatic ring is 1. The van der Waals surface area contributed by atoms with Gasteiger partial charge in [-0.25, -0.2) is 0 Å². The van der Waals surface area contributed by atoms with Crippen molar-refractivity contribution in [2.75, 3.05) is 24.2 Å². The van der Waals surface area contributed by atoms with Crippen molar-refractivity contribution in [1.29, 1.82) is 0 Å². The monoisotopic (exact) mass is 429 g/mol. The molecule has 0 spiro atoms. The molecule has 0 fully saturated rings. The van der Waals surface area contributed by atoms with Crippen molar-refractivity contribution >= 4 is 34.2 Å². The van der Waals surface area contributed by atoms with Crippen LogP contribution in [0.2, 0.25) is 0 Å². The van der Waals surface area contributed by atoms with Gasteiger partial charge in [0.15, 0.2) is 5.76 Å². The number of anilines is 2. The first-order valence-electron chi connectivity index (χ1n) is 10.2. The highest BCUT2D eigenvalue weighted by Gasteiger charge is 2.12. The highest BCUT2D eigenvalue weighted by molar-refractivity contribution is 6.05. The number of para-hydroxylation sites is 2. The molecule has 3 aromatic carbocycles. The smallest absolute Gasteiger partial charge is 0.287 e. The number of hydrogen-bond donors (Lipinski definition) is 3. The number of nitrogens with two attached hydrogens (primary N) is 1. The topological polar surface area (TPSA) is 107 Å². The summed E-state index contributed by atoms with van der Waals surface area (Å²) in [4.78, 5) is 24.7. The average Bonchev–Trinajstić information content (AvgIpc) is 3.22. The van der Waals surface area contributed by atoms with E-state index in [4.69, 9.17) is 14.9 Å². The van der Waals surface area contributed by atoms with Gasteiger partial charge in [-0.15, -0.1) is 0 Å². The Morgan fingerprint density at radius 2 is 1.75 bits per heavy atom. The van der Waals surface area contributed by atoms with E-state index < -0.39 is 0 Å². The maximum Gasteiger partial charge on any atom is 0.287 e. The minimum atomic E-state index is -0.297. The zero-order valence-electron chi connectivity index (χ0n) is 17.6. The first-order chi connectivity index (χ1) is 15.5. The fraction of sp³-hybridized carbons (Fsp3) is 0.120. The molecule has 0 aliphatic rings. The number of furan rings is 1. The summed E-state index contributed by atoms with van der Waals surface area (Å²) in [5.74, 6) is 0.298. The third-order valence-electron chi connectivity index (χ3n) is 4.88. The fourth-order valence-corrected chi connectivity index (χ4v) is 3.18. The molecule has 0 unspecified atom stereocenters. The summed E-state index contributed by atoms with van der Waals surface area (Å²) in [6.45, 7) is 2.55. The first kappa shape index (κ1) is 21.0. The van der Waals surface area contributed by atoms with Gasteiger partial charge in [-0.1, -0.05) is 24.3 Å². The summed E-state index contributed by atoms with van der Waals surface area (Å²) in [5.41, 5.74) is 9.15. The van der Waals surface area contributed by atoms with Crippen LogP contribution in [0.5, 0.6) is 5.75 Å². The Balaban J connectivity index is 1.25. The molecule has 32 heavy (non-hydrogen) atoms. The van der Waals surface area contributed by atoms with Crippen LogP contribution in [0.3, 0.4) is 0 Å². The van der Waals surface area contributed by atoms with Gasteiger partial charge < -0.3 is 25.5 Å². The van der Waals surface area contributed by atoms with E-state index in [1.54, 1.807) is 54.6 Å². The van der Waals surface area contributed by atoms with Gasteiger partial charge in [0.1, 0.15) is 17.9 Å². The van der Waals surface area contributed by atoms with Gasteiger partial charge in [0, 0.05) is 10.9 Å². The van der Waals surface area contributed by atoms with E-state index in [1.165, 1.54) is 0 Å². The van der Waals surface area contributed by atoms with Gasteiger partial charge in [-0.05, 0) is 61.0 Å². The third kappa shape index (κ3) is 4.89. The van der Waals surface area contributed by atoms with E-state index in [-0.39, 0.29) is 24.2 Å². The van der Waals surface area contributed by atoms with E-state index in [2.05, 4.69) is 10.6 Å². The molecule has 0 aliphatic carbocycles. The zero-order chi connectivity index (χ0) is 22.5. The second-order valence-electron chi connectivity index (χ2n) is 7.32. The third-order valence-corrected chi connectivity index (χ3v) is 4.88. The van der Waals surface area contributed by atoms with Gasteiger partial charge in [0.2, 0.25) is 0 Å². The molecule has 7 heteroatoms. The summed E-state index contributed by atoms with van der Waals surface area (Å²) in [5, 5.41) is 6.44. The average molecular weight is 429 g/mol. The van der Waals surface area contributed by atoms with E-state index in [0.717, 1.165) is 10.9 Å². The van der Waals surface area contributed by atoms with Gasteiger partial charge >= 0.3 is 0 Å². The molecule has 0 saturated carbocycles. The summed E-state index contributed by atoms with van der Waals surface area (Å²) >= 11 is 0. The lowest BCUT2D eigenvalue weighted by molar-refractivity contribution is 0.0920. The molecule has 1 heterocycles. The summed E-state index contributed by atoms with van der Waals surface area (Å²) in [6, 6.07) is 21.3. The Morgan fingerprint density at radius 3 is 2.53 bits per heavy atom. The number of amides is 2. The van der Waals surface area contributed by atoms with E-state index in [0.29, 0.717) is 34.8 Å². The van der Waals surface area contributed by atoms with Crippen LogP contribution in [0, 0.1) is 6.92 Å². The predicted molar refractivity (Wildman–Crippen MR) is 124 cm³/mol. The number of rotatable bonds is 7. The van der Waals surface area contributed by atoms with Crippen LogP contribution in [0.1, 0.15) is 26.5 Å². The molecular weight excluding hydrogens is 406 g/mol. The Morgan fingerprint density at radius 1 is 0.969 bits per heavy atom. The molecule has 4 aromatic rings. The summed E-state index contributed by atoms with van der Waals surface area (Å²) < 4.78 is 11.3. The van der Waals surface area contributed by atoms with Crippen molar-refractivity contribution in [2.45, 2.75) is 6.92 Å². The molecule has 0 saturated heterocycles. The highest BCUT2D eigenvalue weighted by atomic mass is 16.5. The second-order valence-corrected chi connectivity index (χ2v) is 7.32. The van der Waals surface area contributed by atoms with Crippen LogP contribution >= 0.6 is 0 Å². The lowest BCUT2D eigenvalue weighted by Crippen LogP contribution is -2.27. The predicted octanol–water partition coefficient (Wildman–Crippen LogP) is 4.38. The first-order valence-corrected chi connectivity index (χ1v) is 10.2. The van der Waals surface area contributed by atoms with Crippen LogP contribution < -0.4 is 21.1 Å². The quantitative estimate of drug-likeness (QED) is 0.298. The molecule has 1 aromatic heterocycles. The van der Waals surface area contributed by atoms with Gasteiger partial charge in [-0.2, -0.15) is 0 Å². The minimum Gasteiger partial charge on any atom is -0.492 e. The lowest BCUT2D eigenvalue weighted by Gasteiger charge is -2.09. The van der Waals surface area contributed by atoms with Crippen LogP contribution in [-0.2, 0) is 0 Å². The number of carbonyl (C=O) groups excluding carboxylic acids is 2. The molecular formula is C25H23N3O4. The van der Waals surface area contributed by atoms with Crippen molar-refractivity contribution in [1.82, 2.24) is 5.32 Å². The summed E-state index contributed by atoms with van der Waals surface area (Å²) in [7, 11) is 0. The summed E-state index contributed by atoms with van der Waals surface area (Å²) in [6.07, 6.45) is 0. The Kier molecular flexibility index (Phi) is 6.07. The molecule has 0 atom stereocenters. The number of benzene rings is 3. The Hall–Kier alpha value is -4.26. The molecule has 2 amide bonds. The SMILES string of the molecule is Cc1ccc2cc(C(=O)NCCOc3ccc(C(=O)Nc4ccccc4N)cc3)oc2c1. The van der Waals surface area contributed by atoms with Crippen molar-refractivity contribution in [3.05, 3.63) is 89.7 Å². The zero-order valence-corrected chi connectivity index (χ0v) is 17.6. The molecule has 7 nitrogen and oxygen atoms in total. The van der Waals surface area contributed by atoms with Crippen LogP contribution in [0.15, 0.2) is 77.2 Å². The lowest BCUT2D eigenvalue weighted by atomic mass is 10.2. The minimum absolute atomic E-state index is 0.261. The molecule has 4 N–H and O–H groups in total. The largest absolute Gasteiger partial charge is 0.492 e. The highest BCUT2D eigenvalue weighted by Crippen LogP contribution is 2.21. The standard InChI is InChI=1S/C25H23N3O4/c1-16-6-7-18-15-23(32-22(18)14-16)25(30)27-12-13-31-19-10-8-17(9-11-19)24(29)28-21-5-3-2-4-20(21)26/h2-11,14-15H,12-13,26H2,1H3,(H,27,30)(H,28,29).